The maximum atomic E-state index is 5.19. The molecule has 0 radical (unpaired) electrons. The van der Waals surface area contributed by atoms with Gasteiger partial charge in [-0.25, -0.2) is 0 Å². The summed E-state index contributed by atoms with van der Waals surface area (Å²) in [6.07, 6.45) is 1.14. The zero-order valence-electron chi connectivity index (χ0n) is 4.98. The van der Waals surface area contributed by atoms with Gasteiger partial charge >= 0.3 is 0 Å². The topological polar surface area (TPSA) is 77.6 Å². The molecule has 0 heterocycles. The molecule has 3 heteroatoms. The summed E-state index contributed by atoms with van der Waals surface area (Å²) in [6, 6.07) is 0. The van der Waals surface area contributed by atoms with Crippen LogP contribution in [0, 0.1) is 0 Å². The van der Waals surface area contributed by atoms with Crippen LogP contribution in [0.4, 0.5) is 0 Å². The van der Waals surface area contributed by atoms with Crippen LogP contribution in [-0.2, 0) is 0 Å². The van der Waals surface area contributed by atoms with Gasteiger partial charge in [-0.2, -0.15) is 0 Å². The van der Waals surface area contributed by atoms with E-state index in [-0.39, 0.29) is 35.9 Å². The molecule has 0 aliphatic heterocycles. The largest absolute Gasteiger partial charge is 0.349 e. The molecule has 0 amide bonds. The first-order chi connectivity index (χ1) is 2.91. The molecule has 0 spiro atoms. The Kier molecular flexibility index (Phi) is 210. The summed E-state index contributed by atoms with van der Waals surface area (Å²) in [6.45, 7) is 1.99. The minimum Gasteiger partial charge on any atom is -0.349 e. The predicted octanol–water partition coefficient (Wildman–Crippen LogP) is 1.23. The smallest absolute Gasteiger partial charge is 0.0765 e. The molecule has 11 heavy (non-hydrogen) atoms. The first-order valence-electron chi connectivity index (χ1n) is 2.39. The summed E-state index contributed by atoms with van der Waals surface area (Å²) in [5, 5.41) is 2.13. The number of hydrogen-bond acceptors (Lipinski definition) is 2. The van der Waals surface area contributed by atoms with Crippen molar-refractivity contribution in [3.8, 4) is 0 Å². The van der Waals surface area contributed by atoms with Crippen LogP contribution in [0.15, 0.2) is 0 Å². The lowest BCUT2D eigenvalue weighted by Gasteiger charge is -1.87. The molecular formula is C8H32N3+. The van der Waals surface area contributed by atoms with Crippen molar-refractivity contribution in [2.24, 2.45) is 5.73 Å². The van der Waals surface area contributed by atoms with Crippen LogP contribution in [0.5, 0.6) is 0 Å². The zero-order valence-corrected chi connectivity index (χ0v) is 4.98. The third-order valence-electron chi connectivity index (χ3n) is 0.697. The van der Waals surface area contributed by atoms with Gasteiger partial charge in [0.1, 0.15) is 0 Å². The highest BCUT2D eigenvalue weighted by atomic mass is 14.8. The van der Waals surface area contributed by atoms with Crippen LogP contribution >= 0.6 is 0 Å². The van der Waals surface area contributed by atoms with E-state index in [4.69, 9.17) is 5.73 Å². The summed E-state index contributed by atoms with van der Waals surface area (Å²) < 4.78 is 0. The Morgan fingerprint density at radius 2 is 1.45 bits per heavy atom. The second-order valence-corrected chi connectivity index (χ2v) is 1.34. The normalized spacial score (nSPS) is 4.91. The van der Waals surface area contributed by atoms with Crippen molar-refractivity contribution in [3.05, 3.63) is 0 Å². The Morgan fingerprint density at radius 3 is 1.55 bits per heavy atom. The van der Waals surface area contributed by atoms with E-state index in [9.17, 15) is 0 Å². The van der Waals surface area contributed by atoms with Gasteiger partial charge in [0.25, 0.3) is 0 Å². The molecule has 0 fully saturated rings. The fraction of sp³-hybridized carbons (Fsp3) is 1.00. The van der Waals surface area contributed by atoms with Gasteiger partial charge in [-0.3, -0.25) is 0 Å². The van der Waals surface area contributed by atoms with Gasteiger partial charge in [-0.05, 0) is 6.54 Å². The molecule has 0 unspecified atom stereocenters. The van der Waals surface area contributed by atoms with E-state index in [1.165, 1.54) is 0 Å². The van der Waals surface area contributed by atoms with Crippen LogP contribution in [0.3, 0.4) is 0 Å². The fourth-order valence-corrected chi connectivity index (χ4v) is 0.322. The van der Waals surface area contributed by atoms with Gasteiger partial charge in [-0.1, -0.05) is 29.7 Å². The maximum Gasteiger partial charge on any atom is 0.0765 e. The first-order valence-corrected chi connectivity index (χ1v) is 2.39. The number of quaternary nitrogens is 1. The molecule has 3 nitrogen and oxygen atoms in total. The molecule has 0 aromatic heterocycles. The highest BCUT2D eigenvalue weighted by Gasteiger charge is 1.76. The van der Waals surface area contributed by atoms with Gasteiger partial charge in [0, 0.05) is 6.42 Å². The molecule has 0 aliphatic rings. The van der Waals surface area contributed by atoms with Gasteiger partial charge in [0.15, 0.2) is 0 Å². The average Bonchev–Trinajstić information content (AvgIpc) is 1.61. The molecule has 0 aromatic rings. The lowest BCUT2D eigenvalue weighted by molar-refractivity contribution is -0.626. The SMILES string of the molecule is C.C.C.C.C[NH2+]CCCN.N. The van der Waals surface area contributed by atoms with Gasteiger partial charge in [-0.15, -0.1) is 0 Å². The standard InChI is InChI=1S/C4H12N2.4CH4.H3N/c1-6-4-2-3-5;;;;;/h6H,2-5H2,1H3;4*1H4;1H3/p+1. The lowest BCUT2D eigenvalue weighted by Crippen LogP contribution is -2.79. The molecule has 7 N–H and O–H groups in total. The second kappa shape index (κ2) is 51.8. The number of nitrogens with two attached hydrogens (primary N) is 2. The molecule has 0 aromatic carbocycles. The van der Waals surface area contributed by atoms with Crippen LogP contribution < -0.4 is 17.2 Å². The fourth-order valence-electron chi connectivity index (χ4n) is 0.322. The lowest BCUT2D eigenvalue weighted by atomic mass is 10.4. The number of hydrogen-bond donors (Lipinski definition) is 3. The van der Waals surface area contributed by atoms with E-state index in [1.54, 1.807) is 0 Å². The van der Waals surface area contributed by atoms with Crippen molar-refractivity contribution in [3.63, 3.8) is 0 Å². The van der Waals surface area contributed by atoms with Crippen molar-refractivity contribution in [2.45, 2.75) is 36.1 Å². The van der Waals surface area contributed by atoms with E-state index in [2.05, 4.69) is 12.4 Å². The van der Waals surface area contributed by atoms with Crippen molar-refractivity contribution in [1.82, 2.24) is 6.15 Å². The van der Waals surface area contributed by atoms with Crippen LogP contribution in [0.25, 0.3) is 0 Å². The summed E-state index contributed by atoms with van der Waals surface area (Å²) in [7, 11) is 2.05. The molecule has 0 atom stereocenters. The number of rotatable bonds is 3. The summed E-state index contributed by atoms with van der Waals surface area (Å²) in [5.41, 5.74) is 5.19. The molecular weight excluding hydrogens is 138 g/mol. The van der Waals surface area contributed by atoms with Crippen LogP contribution in [-0.4, -0.2) is 20.1 Å². The predicted molar refractivity (Wildman–Crippen MR) is 58.3 cm³/mol. The molecule has 0 bridgehead atoms. The van der Waals surface area contributed by atoms with Gasteiger partial charge in [0.2, 0.25) is 0 Å². The molecule has 0 saturated carbocycles. The van der Waals surface area contributed by atoms with E-state index in [0.29, 0.717) is 0 Å². The zero-order chi connectivity index (χ0) is 4.83. The van der Waals surface area contributed by atoms with Crippen molar-refractivity contribution in [2.75, 3.05) is 20.1 Å². The molecule has 0 saturated heterocycles. The van der Waals surface area contributed by atoms with Crippen LogP contribution in [0.2, 0.25) is 0 Å². The quantitative estimate of drug-likeness (QED) is 0.557. The third-order valence-corrected chi connectivity index (χ3v) is 0.697. The Labute approximate surface area is 74.3 Å². The van der Waals surface area contributed by atoms with Gasteiger partial charge in [0.05, 0.1) is 13.6 Å². The Hall–Kier alpha value is -0.120. The van der Waals surface area contributed by atoms with E-state index in [0.717, 1.165) is 19.5 Å². The Balaban J connectivity index is -0.0000000125. The average molecular weight is 170 g/mol. The highest BCUT2D eigenvalue weighted by Crippen LogP contribution is 1.57. The second-order valence-electron chi connectivity index (χ2n) is 1.34. The molecule has 78 valence electrons. The van der Waals surface area contributed by atoms with E-state index < -0.39 is 0 Å². The maximum absolute atomic E-state index is 5.19. The summed E-state index contributed by atoms with van der Waals surface area (Å²) >= 11 is 0. The molecule has 0 aliphatic carbocycles. The Bertz CT molecular complexity index is 21.3. The summed E-state index contributed by atoms with van der Waals surface area (Å²) in [5.74, 6) is 0. The Morgan fingerprint density at radius 1 is 1.09 bits per heavy atom. The van der Waals surface area contributed by atoms with Gasteiger partial charge < -0.3 is 17.2 Å². The van der Waals surface area contributed by atoms with Crippen molar-refractivity contribution >= 4 is 0 Å². The van der Waals surface area contributed by atoms with Crippen LogP contribution in [0.1, 0.15) is 36.1 Å². The third kappa shape index (κ3) is 74.0. The van der Waals surface area contributed by atoms with Crippen molar-refractivity contribution < 1.29 is 5.32 Å². The van der Waals surface area contributed by atoms with E-state index >= 15 is 0 Å². The van der Waals surface area contributed by atoms with E-state index in [1.807, 2.05) is 0 Å². The minimum atomic E-state index is 0. The first kappa shape index (κ1) is 44.6. The monoisotopic (exact) mass is 170 g/mol. The highest BCUT2D eigenvalue weighted by molar-refractivity contribution is 4.28. The summed E-state index contributed by atoms with van der Waals surface area (Å²) in [4.78, 5) is 0. The minimum absolute atomic E-state index is 0. The van der Waals surface area contributed by atoms with Crippen molar-refractivity contribution in [1.29, 1.82) is 0 Å². The molecule has 0 rings (SSSR count).